The van der Waals surface area contributed by atoms with E-state index < -0.39 is 5.91 Å². The number of aromatic nitrogens is 2. The first-order chi connectivity index (χ1) is 11.5. The molecule has 2 aromatic heterocycles. The monoisotopic (exact) mass is 327 g/mol. The van der Waals surface area contributed by atoms with E-state index in [4.69, 9.17) is 5.73 Å². The molecule has 126 valence electrons. The average Bonchev–Trinajstić information content (AvgIpc) is 2.60. The number of piperidine rings is 1. The van der Waals surface area contributed by atoms with Crippen LogP contribution >= 0.6 is 0 Å². The highest BCUT2D eigenvalue weighted by Crippen LogP contribution is 2.29. The number of nitrogens with zero attached hydrogens (tertiary/aromatic N) is 4. The number of primary amides is 1. The Kier molecular flexibility index (Phi) is 4.33. The van der Waals surface area contributed by atoms with Crippen molar-refractivity contribution in [2.24, 2.45) is 11.7 Å². The van der Waals surface area contributed by atoms with Gasteiger partial charge < -0.3 is 15.5 Å². The molecule has 0 atom stereocenters. The molecule has 1 saturated heterocycles. The van der Waals surface area contributed by atoms with Crippen molar-refractivity contribution >= 4 is 28.4 Å². The molecule has 0 radical (unpaired) electrons. The van der Waals surface area contributed by atoms with E-state index in [2.05, 4.69) is 14.9 Å². The molecular weight excluding hydrogens is 306 g/mol. The third-order valence-electron chi connectivity index (χ3n) is 4.46. The minimum Gasteiger partial charge on any atom is -0.368 e. The van der Waals surface area contributed by atoms with Gasteiger partial charge in [-0.25, -0.2) is 4.98 Å². The molecule has 0 unspecified atom stereocenters. The predicted molar refractivity (Wildman–Crippen MR) is 91.7 cm³/mol. The van der Waals surface area contributed by atoms with Crippen LogP contribution in [0.4, 0.5) is 5.69 Å². The quantitative estimate of drug-likeness (QED) is 0.909. The zero-order valence-corrected chi connectivity index (χ0v) is 13.9. The Morgan fingerprint density at radius 1 is 1.21 bits per heavy atom. The Morgan fingerprint density at radius 2 is 1.92 bits per heavy atom. The van der Waals surface area contributed by atoms with Gasteiger partial charge in [0.2, 0.25) is 5.91 Å². The van der Waals surface area contributed by atoms with Gasteiger partial charge in [-0.2, -0.15) is 0 Å². The van der Waals surface area contributed by atoms with E-state index in [1.54, 1.807) is 43.5 Å². The summed E-state index contributed by atoms with van der Waals surface area (Å²) in [6, 6.07) is 3.42. The molecule has 0 aliphatic carbocycles. The van der Waals surface area contributed by atoms with Gasteiger partial charge in [0.25, 0.3) is 5.91 Å². The number of pyridine rings is 2. The van der Waals surface area contributed by atoms with Crippen molar-refractivity contribution in [1.29, 1.82) is 0 Å². The number of anilines is 1. The van der Waals surface area contributed by atoms with Crippen molar-refractivity contribution in [3.8, 4) is 0 Å². The van der Waals surface area contributed by atoms with Crippen molar-refractivity contribution in [3.63, 3.8) is 0 Å². The van der Waals surface area contributed by atoms with Gasteiger partial charge in [-0.15, -0.1) is 0 Å². The third-order valence-corrected chi connectivity index (χ3v) is 4.46. The molecule has 7 heteroatoms. The Labute approximate surface area is 140 Å². The maximum atomic E-state index is 12.1. The van der Waals surface area contributed by atoms with E-state index in [-0.39, 0.29) is 17.5 Å². The fraction of sp³-hybridized carbons (Fsp3) is 0.412. The molecule has 3 rings (SSSR count). The Balaban J connectivity index is 1.86. The van der Waals surface area contributed by atoms with Crippen molar-refractivity contribution in [3.05, 3.63) is 30.2 Å². The maximum Gasteiger partial charge on any atom is 0.267 e. The average molecular weight is 327 g/mol. The number of rotatable bonds is 3. The van der Waals surface area contributed by atoms with Gasteiger partial charge >= 0.3 is 0 Å². The first kappa shape index (κ1) is 16.2. The number of nitrogens with two attached hydrogens (primary N) is 1. The van der Waals surface area contributed by atoms with Gasteiger partial charge in [-0.05, 0) is 25.0 Å². The van der Waals surface area contributed by atoms with Gasteiger partial charge in [0.15, 0.2) is 0 Å². The Bertz CT molecular complexity index is 782. The second-order valence-electron chi connectivity index (χ2n) is 6.29. The van der Waals surface area contributed by atoms with Crippen LogP contribution in [-0.2, 0) is 4.79 Å². The number of fused-ring (bicyclic) bond motifs is 1. The number of hydrogen-bond acceptors (Lipinski definition) is 5. The van der Waals surface area contributed by atoms with Crippen LogP contribution in [0.3, 0.4) is 0 Å². The summed E-state index contributed by atoms with van der Waals surface area (Å²) in [6.45, 7) is 1.51. The zero-order chi connectivity index (χ0) is 17.3. The second-order valence-corrected chi connectivity index (χ2v) is 6.29. The summed E-state index contributed by atoms with van der Waals surface area (Å²) in [4.78, 5) is 36.0. The molecule has 7 nitrogen and oxygen atoms in total. The number of amides is 2. The van der Waals surface area contributed by atoms with E-state index in [1.165, 1.54) is 0 Å². The standard InChI is InChI=1S/C17H21N5O2/c1-21(2)17(24)11-5-7-22(8-6-11)14-10-19-9-12-3-4-13(16(18)23)20-15(12)14/h3-4,9-11H,5-8H2,1-2H3,(H2,18,23). The van der Waals surface area contributed by atoms with Crippen LogP contribution in [0.15, 0.2) is 24.5 Å². The lowest BCUT2D eigenvalue weighted by Crippen LogP contribution is -2.40. The van der Waals surface area contributed by atoms with Crippen LogP contribution in [0.5, 0.6) is 0 Å². The largest absolute Gasteiger partial charge is 0.368 e. The summed E-state index contributed by atoms with van der Waals surface area (Å²) in [7, 11) is 3.58. The first-order valence-corrected chi connectivity index (χ1v) is 7.98. The Hall–Kier alpha value is -2.70. The fourth-order valence-corrected chi connectivity index (χ4v) is 3.13. The van der Waals surface area contributed by atoms with Crippen molar-refractivity contribution < 1.29 is 9.59 Å². The summed E-state index contributed by atoms with van der Waals surface area (Å²) < 4.78 is 0. The molecule has 0 bridgehead atoms. The van der Waals surface area contributed by atoms with E-state index in [0.29, 0.717) is 0 Å². The van der Waals surface area contributed by atoms with Gasteiger partial charge in [0, 0.05) is 44.7 Å². The zero-order valence-electron chi connectivity index (χ0n) is 13.9. The number of carbonyl (C=O) groups excluding carboxylic acids is 2. The minimum atomic E-state index is -0.546. The second kappa shape index (κ2) is 6.43. The highest BCUT2D eigenvalue weighted by Gasteiger charge is 2.27. The number of carbonyl (C=O) groups is 2. The molecule has 0 aromatic carbocycles. The topological polar surface area (TPSA) is 92.4 Å². The molecule has 24 heavy (non-hydrogen) atoms. The Morgan fingerprint density at radius 3 is 2.54 bits per heavy atom. The molecule has 2 amide bonds. The lowest BCUT2D eigenvalue weighted by molar-refractivity contribution is -0.133. The maximum absolute atomic E-state index is 12.1. The van der Waals surface area contributed by atoms with E-state index in [0.717, 1.165) is 42.5 Å². The molecule has 0 spiro atoms. The summed E-state index contributed by atoms with van der Waals surface area (Å²) in [5, 5.41) is 0.865. The lowest BCUT2D eigenvalue weighted by Gasteiger charge is -2.34. The SMILES string of the molecule is CN(C)C(=O)C1CCN(c2cncc3ccc(C(N)=O)nc23)CC1. The number of hydrogen-bond donors (Lipinski definition) is 1. The molecule has 0 saturated carbocycles. The first-order valence-electron chi connectivity index (χ1n) is 7.98. The van der Waals surface area contributed by atoms with E-state index in [9.17, 15) is 9.59 Å². The van der Waals surface area contributed by atoms with Crippen molar-refractivity contribution in [2.75, 3.05) is 32.1 Å². The third kappa shape index (κ3) is 3.02. The molecule has 1 aliphatic rings. The highest BCUT2D eigenvalue weighted by molar-refractivity contribution is 5.96. The van der Waals surface area contributed by atoms with Gasteiger partial charge in [0.1, 0.15) is 5.69 Å². The smallest absolute Gasteiger partial charge is 0.267 e. The van der Waals surface area contributed by atoms with Crippen LogP contribution in [0.1, 0.15) is 23.3 Å². The molecule has 1 fully saturated rings. The summed E-state index contributed by atoms with van der Waals surface area (Å²) in [5.41, 5.74) is 7.19. The van der Waals surface area contributed by atoms with Crippen LogP contribution in [-0.4, -0.2) is 53.9 Å². The van der Waals surface area contributed by atoms with Gasteiger partial charge in [-0.1, -0.05) is 0 Å². The van der Waals surface area contributed by atoms with E-state index in [1.807, 2.05) is 0 Å². The molecule has 3 heterocycles. The molecule has 2 N–H and O–H groups in total. The minimum absolute atomic E-state index is 0.0633. The summed E-state index contributed by atoms with van der Waals surface area (Å²) in [6.07, 6.45) is 5.07. The van der Waals surface area contributed by atoms with Crippen LogP contribution in [0, 0.1) is 5.92 Å². The normalized spacial score (nSPS) is 15.5. The van der Waals surface area contributed by atoms with E-state index >= 15 is 0 Å². The summed E-state index contributed by atoms with van der Waals surface area (Å²) >= 11 is 0. The van der Waals surface area contributed by atoms with Crippen molar-refractivity contribution in [2.45, 2.75) is 12.8 Å². The molecule has 2 aromatic rings. The highest BCUT2D eigenvalue weighted by atomic mass is 16.2. The van der Waals surface area contributed by atoms with Crippen LogP contribution in [0.2, 0.25) is 0 Å². The lowest BCUT2D eigenvalue weighted by atomic mass is 9.95. The van der Waals surface area contributed by atoms with Gasteiger partial charge in [-0.3, -0.25) is 14.6 Å². The molecular formula is C17H21N5O2. The van der Waals surface area contributed by atoms with Crippen LogP contribution in [0.25, 0.3) is 10.9 Å². The molecule has 1 aliphatic heterocycles. The fourth-order valence-electron chi connectivity index (χ4n) is 3.13. The van der Waals surface area contributed by atoms with Gasteiger partial charge in [0.05, 0.1) is 17.4 Å². The van der Waals surface area contributed by atoms with Crippen molar-refractivity contribution in [1.82, 2.24) is 14.9 Å². The summed E-state index contributed by atoms with van der Waals surface area (Å²) in [5.74, 6) is -0.303. The van der Waals surface area contributed by atoms with Crippen LogP contribution < -0.4 is 10.6 Å². The predicted octanol–water partition coefficient (Wildman–Crippen LogP) is 1.03.